The number of rotatable bonds is 5. The lowest BCUT2D eigenvalue weighted by atomic mass is 10.0. The molecule has 3 aromatic heterocycles. The van der Waals surface area contributed by atoms with Crippen molar-refractivity contribution in [3.05, 3.63) is 81.3 Å². The molecule has 0 aliphatic rings. The van der Waals surface area contributed by atoms with Gasteiger partial charge in [0.15, 0.2) is 11.5 Å². The average molecular weight is 443 g/mol. The van der Waals surface area contributed by atoms with Crippen LogP contribution in [-0.2, 0) is 27.2 Å². The summed E-state index contributed by atoms with van der Waals surface area (Å²) in [6, 6.07) is 14.4. The first-order valence-electron chi connectivity index (χ1n) is 11.0. The molecule has 0 N–H and O–H groups in total. The SMILES string of the molecule is CC(C)Cn1c(=O)n(C)c(=O)c2c(-c3nccn3C)n(Cc3cccc4ccccc34)nc21. The van der Waals surface area contributed by atoms with Crippen LogP contribution in [0.5, 0.6) is 0 Å². The molecule has 0 spiro atoms. The van der Waals surface area contributed by atoms with E-state index in [1.54, 1.807) is 10.8 Å². The van der Waals surface area contributed by atoms with Gasteiger partial charge in [-0.05, 0) is 22.3 Å². The van der Waals surface area contributed by atoms with Gasteiger partial charge < -0.3 is 4.57 Å². The van der Waals surface area contributed by atoms with Crippen molar-refractivity contribution < 1.29 is 0 Å². The van der Waals surface area contributed by atoms with E-state index in [-0.39, 0.29) is 17.2 Å². The molecule has 5 rings (SSSR count). The first-order valence-corrected chi connectivity index (χ1v) is 11.0. The molecule has 168 valence electrons. The lowest BCUT2D eigenvalue weighted by Gasteiger charge is -2.11. The molecule has 0 fully saturated rings. The lowest BCUT2D eigenvalue weighted by Crippen LogP contribution is -2.38. The summed E-state index contributed by atoms with van der Waals surface area (Å²) in [4.78, 5) is 30.9. The molecule has 8 heteroatoms. The Bertz CT molecular complexity index is 1610. The van der Waals surface area contributed by atoms with Crippen molar-refractivity contribution in [3.63, 3.8) is 0 Å². The van der Waals surface area contributed by atoms with Crippen LogP contribution in [0.25, 0.3) is 33.3 Å². The highest BCUT2D eigenvalue weighted by Crippen LogP contribution is 2.27. The third-order valence-corrected chi connectivity index (χ3v) is 6.01. The predicted octanol–water partition coefficient (Wildman–Crippen LogP) is 3.15. The molecule has 0 amide bonds. The van der Waals surface area contributed by atoms with Gasteiger partial charge in [-0.3, -0.25) is 18.6 Å². The number of aromatic nitrogens is 6. The van der Waals surface area contributed by atoms with Crippen LogP contribution in [0.1, 0.15) is 19.4 Å². The van der Waals surface area contributed by atoms with Crippen molar-refractivity contribution in [2.45, 2.75) is 26.9 Å². The van der Waals surface area contributed by atoms with Crippen molar-refractivity contribution in [2.75, 3.05) is 0 Å². The van der Waals surface area contributed by atoms with Gasteiger partial charge in [-0.2, -0.15) is 5.10 Å². The number of hydrogen-bond acceptors (Lipinski definition) is 4. The molecule has 8 nitrogen and oxygen atoms in total. The second kappa shape index (κ2) is 7.88. The lowest BCUT2D eigenvalue weighted by molar-refractivity contribution is 0.498. The molecule has 0 atom stereocenters. The van der Waals surface area contributed by atoms with Crippen LogP contribution in [-0.4, -0.2) is 28.5 Å². The number of nitrogens with zero attached hydrogens (tertiary/aromatic N) is 6. The van der Waals surface area contributed by atoms with Crippen molar-refractivity contribution >= 4 is 21.8 Å². The molecule has 0 saturated carbocycles. The molecule has 0 saturated heterocycles. The van der Waals surface area contributed by atoms with E-state index in [9.17, 15) is 9.59 Å². The van der Waals surface area contributed by atoms with Gasteiger partial charge in [-0.15, -0.1) is 0 Å². The molecular formula is C25H26N6O2. The van der Waals surface area contributed by atoms with Gasteiger partial charge in [0.2, 0.25) is 0 Å². The van der Waals surface area contributed by atoms with Crippen LogP contribution in [0.3, 0.4) is 0 Å². The molecule has 0 unspecified atom stereocenters. The van der Waals surface area contributed by atoms with E-state index < -0.39 is 0 Å². The Morgan fingerprint density at radius 2 is 1.76 bits per heavy atom. The summed E-state index contributed by atoms with van der Waals surface area (Å²) in [6.07, 6.45) is 3.54. The van der Waals surface area contributed by atoms with Crippen LogP contribution < -0.4 is 11.2 Å². The Morgan fingerprint density at radius 3 is 2.48 bits per heavy atom. The fraction of sp³-hybridized carbons (Fsp3) is 0.280. The standard InChI is InChI=1S/C25H26N6O2/c1-16(2)14-30-22-20(24(32)29(4)25(30)33)21(23-26-12-13-28(23)3)31(27-22)15-18-10-7-9-17-8-5-6-11-19(17)18/h5-13,16H,14-15H2,1-4H3. The van der Waals surface area contributed by atoms with Crippen LogP contribution >= 0.6 is 0 Å². The predicted molar refractivity (Wildman–Crippen MR) is 129 cm³/mol. The normalized spacial score (nSPS) is 11.8. The first kappa shape index (κ1) is 20.9. The van der Waals surface area contributed by atoms with Crippen molar-refractivity contribution in [1.29, 1.82) is 0 Å². The fourth-order valence-electron chi connectivity index (χ4n) is 4.42. The highest BCUT2D eigenvalue weighted by molar-refractivity contribution is 5.90. The smallest absolute Gasteiger partial charge is 0.332 e. The summed E-state index contributed by atoms with van der Waals surface area (Å²) in [6.45, 7) is 4.98. The number of hydrogen-bond donors (Lipinski definition) is 0. The monoisotopic (exact) mass is 442 g/mol. The molecule has 5 aromatic rings. The number of benzene rings is 2. The van der Waals surface area contributed by atoms with Crippen LogP contribution in [0, 0.1) is 5.92 Å². The van der Waals surface area contributed by atoms with Crippen molar-refractivity contribution in [3.8, 4) is 11.5 Å². The fourth-order valence-corrected chi connectivity index (χ4v) is 4.42. The largest absolute Gasteiger partial charge is 0.333 e. The van der Waals surface area contributed by atoms with Gasteiger partial charge in [0, 0.05) is 33.0 Å². The Morgan fingerprint density at radius 1 is 1.00 bits per heavy atom. The highest BCUT2D eigenvalue weighted by atomic mass is 16.2. The van der Waals surface area contributed by atoms with E-state index in [0.717, 1.165) is 16.3 Å². The van der Waals surface area contributed by atoms with Gasteiger partial charge in [-0.1, -0.05) is 56.3 Å². The Labute approximate surface area is 190 Å². The minimum absolute atomic E-state index is 0.211. The zero-order chi connectivity index (χ0) is 23.3. The molecule has 2 aromatic carbocycles. The van der Waals surface area contributed by atoms with Crippen LogP contribution in [0.15, 0.2) is 64.4 Å². The van der Waals surface area contributed by atoms with E-state index >= 15 is 0 Å². The third kappa shape index (κ3) is 3.38. The molecule has 0 radical (unpaired) electrons. The Balaban J connectivity index is 1.85. The Kier molecular flexibility index (Phi) is 5.00. The average Bonchev–Trinajstić information content (AvgIpc) is 3.38. The summed E-state index contributed by atoms with van der Waals surface area (Å²) in [5.74, 6) is 0.841. The Hall–Kier alpha value is -3.94. The number of imidazole rings is 1. The van der Waals surface area contributed by atoms with Crippen molar-refractivity contribution in [2.24, 2.45) is 20.0 Å². The maximum Gasteiger partial charge on any atom is 0.332 e. The maximum atomic E-state index is 13.4. The van der Waals surface area contributed by atoms with E-state index in [4.69, 9.17) is 5.10 Å². The van der Waals surface area contributed by atoms with E-state index in [2.05, 4.69) is 29.2 Å². The molecule has 0 aliphatic heterocycles. The second-order valence-corrected chi connectivity index (χ2v) is 8.86. The topological polar surface area (TPSA) is 79.6 Å². The quantitative estimate of drug-likeness (QED) is 0.419. The maximum absolute atomic E-state index is 13.4. The van der Waals surface area contributed by atoms with E-state index in [1.165, 1.54) is 11.6 Å². The van der Waals surface area contributed by atoms with Gasteiger partial charge in [-0.25, -0.2) is 9.78 Å². The van der Waals surface area contributed by atoms with Crippen LogP contribution in [0.4, 0.5) is 0 Å². The van der Waals surface area contributed by atoms with E-state index in [1.807, 2.05) is 54.5 Å². The molecule has 0 bridgehead atoms. The van der Waals surface area contributed by atoms with Crippen LogP contribution in [0.2, 0.25) is 0 Å². The molecule has 33 heavy (non-hydrogen) atoms. The summed E-state index contributed by atoms with van der Waals surface area (Å²) >= 11 is 0. The number of aryl methyl sites for hydroxylation is 1. The van der Waals surface area contributed by atoms with E-state index in [0.29, 0.717) is 35.6 Å². The third-order valence-electron chi connectivity index (χ3n) is 6.01. The summed E-state index contributed by atoms with van der Waals surface area (Å²) in [5, 5.41) is 7.51. The van der Waals surface area contributed by atoms with Gasteiger partial charge in [0.05, 0.1) is 6.54 Å². The highest BCUT2D eigenvalue weighted by Gasteiger charge is 2.25. The van der Waals surface area contributed by atoms with Gasteiger partial charge in [0.1, 0.15) is 11.1 Å². The minimum atomic E-state index is -0.364. The molecular weight excluding hydrogens is 416 g/mol. The molecule has 3 heterocycles. The zero-order valence-corrected chi connectivity index (χ0v) is 19.2. The summed E-state index contributed by atoms with van der Waals surface area (Å²) in [7, 11) is 3.41. The minimum Gasteiger partial charge on any atom is -0.333 e. The molecule has 0 aliphatic carbocycles. The zero-order valence-electron chi connectivity index (χ0n) is 19.2. The van der Waals surface area contributed by atoms with Gasteiger partial charge >= 0.3 is 5.69 Å². The van der Waals surface area contributed by atoms with Crippen molar-refractivity contribution in [1.82, 2.24) is 28.5 Å². The van der Waals surface area contributed by atoms with Gasteiger partial charge in [0.25, 0.3) is 5.56 Å². The summed E-state index contributed by atoms with van der Waals surface area (Å²) < 4.78 is 6.45. The summed E-state index contributed by atoms with van der Waals surface area (Å²) in [5.41, 5.74) is 1.36. The number of fused-ring (bicyclic) bond motifs is 2. The second-order valence-electron chi connectivity index (χ2n) is 8.86. The first-order chi connectivity index (χ1) is 15.9.